The zero-order valence-electron chi connectivity index (χ0n) is 22.8. The van der Waals surface area contributed by atoms with Gasteiger partial charge in [-0.2, -0.15) is 4.98 Å². The average Bonchev–Trinajstić information content (AvgIpc) is 3.00. The van der Waals surface area contributed by atoms with Crippen molar-refractivity contribution in [1.82, 2.24) is 19.9 Å². The second-order valence-electron chi connectivity index (χ2n) is 11.7. The average molecular weight is 523 g/mol. The maximum absolute atomic E-state index is 15.1. The molecule has 12 heteroatoms. The molecule has 1 saturated heterocycles. The number of nitrogens with zero attached hydrogens (tertiary/aromatic N) is 5. The molecule has 0 saturated carbocycles. The minimum absolute atomic E-state index is 0.108. The number of hydrogen-bond acceptors (Lipinski definition) is 9. The van der Waals surface area contributed by atoms with Crippen LogP contribution in [0.4, 0.5) is 19.4 Å². The first-order valence-corrected chi connectivity index (χ1v) is 12.0. The third kappa shape index (κ3) is 7.14. The summed E-state index contributed by atoms with van der Waals surface area (Å²) in [7, 11) is 0. The topological polar surface area (TPSA) is 126 Å². The molecular formula is C25H36F2N6O4. The second kappa shape index (κ2) is 9.53. The molecule has 0 spiro atoms. The van der Waals surface area contributed by atoms with Crippen LogP contribution in [0.1, 0.15) is 61.2 Å². The quantitative estimate of drug-likeness (QED) is 0.582. The summed E-state index contributed by atoms with van der Waals surface area (Å²) in [6.45, 7) is 15.1. The summed E-state index contributed by atoms with van der Waals surface area (Å²) < 4.78 is 47.1. The molecule has 1 amide bonds. The maximum Gasteiger partial charge on any atom is 0.405 e. The second-order valence-corrected chi connectivity index (χ2v) is 11.7. The van der Waals surface area contributed by atoms with Gasteiger partial charge in [-0.15, -0.1) is 0 Å². The lowest BCUT2D eigenvalue weighted by Gasteiger charge is -2.33. The number of rotatable bonds is 6. The number of aromatic nitrogens is 4. The zero-order valence-corrected chi connectivity index (χ0v) is 22.8. The van der Waals surface area contributed by atoms with Crippen molar-refractivity contribution >= 4 is 11.9 Å². The van der Waals surface area contributed by atoms with Gasteiger partial charge in [0.15, 0.2) is 0 Å². The SMILES string of the molecule is Cc1nc(-c2cnc(OC(C)(C)C)nc2OC(C)(C)C)cc(N2C[C@@H](C(C)(C)OC(N)=O)C(F)(F)C2)n1. The molecule has 0 aromatic carbocycles. The molecule has 1 atom stereocenters. The van der Waals surface area contributed by atoms with Crippen LogP contribution in [0.3, 0.4) is 0 Å². The number of alkyl halides is 2. The molecule has 0 bridgehead atoms. The van der Waals surface area contributed by atoms with Crippen LogP contribution < -0.4 is 20.1 Å². The molecule has 204 valence electrons. The van der Waals surface area contributed by atoms with Crippen molar-refractivity contribution in [2.45, 2.75) is 85.0 Å². The molecule has 1 fully saturated rings. The Morgan fingerprint density at radius 3 is 2.24 bits per heavy atom. The predicted octanol–water partition coefficient (Wildman–Crippen LogP) is 4.54. The van der Waals surface area contributed by atoms with Gasteiger partial charge in [0.1, 0.15) is 28.4 Å². The number of carbonyl (C=O) groups excluding carboxylic acids is 1. The van der Waals surface area contributed by atoms with E-state index in [0.29, 0.717) is 17.1 Å². The van der Waals surface area contributed by atoms with Gasteiger partial charge in [-0.25, -0.2) is 28.5 Å². The first-order valence-electron chi connectivity index (χ1n) is 12.0. The summed E-state index contributed by atoms with van der Waals surface area (Å²) in [4.78, 5) is 30.4. The Labute approximate surface area is 215 Å². The molecule has 3 heterocycles. The first-order chi connectivity index (χ1) is 16.8. The van der Waals surface area contributed by atoms with Crippen molar-refractivity contribution in [1.29, 1.82) is 0 Å². The number of hydrogen-bond donors (Lipinski definition) is 1. The smallest absolute Gasteiger partial charge is 0.405 e. The Kier molecular flexibility index (Phi) is 7.28. The summed E-state index contributed by atoms with van der Waals surface area (Å²) in [5, 5.41) is 0. The molecule has 0 aliphatic carbocycles. The normalized spacial score (nSPS) is 18.0. The summed E-state index contributed by atoms with van der Waals surface area (Å²) in [5.74, 6) is -3.57. The van der Waals surface area contributed by atoms with Crippen LogP contribution in [-0.2, 0) is 4.74 Å². The maximum atomic E-state index is 15.1. The van der Waals surface area contributed by atoms with Gasteiger partial charge < -0.3 is 24.8 Å². The van der Waals surface area contributed by atoms with Gasteiger partial charge in [0.25, 0.3) is 5.92 Å². The number of aryl methyl sites for hydroxylation is 1. The summed E-state index contributed by atoms with van der Waals surface area (Å²) in [5.41, 5.74) is 3.38. The molecule has 0 unspecified atom stereocenters. The molecule has 1 aliphatic heterocycles. The standard InChI is InChI=1S/C25H36F2N6O4/c1-14-30-16(15-11-29-21(37-23(5,6)7)32-19(15)35-22(2,3)4)10-18(31-14)33-12-17(25(26,27)13-33)24(8,9)36-20(28)34/h10-11,17H,12-13H2,1-9H3,(H2,28,34)/t17-/m0/s1. The third-order valence-electron chi connectivity index (χ3n) is 5.47. The molecule has 1 aliphatic rings. The molecular weight excluding hydrogens is 486 g/mol. The van der Waals surface area contributed by atoms with Crippen molar-refractivity contribution in [2.75, 3.05) is 18.0 Å². The van der Waals surface area contributed by atoms with E-state index in [1.54, 1.807) is 13.0 Å². The van der Waals surface area contributed by atoms with E-state index in [9.17, 15) is 4.79 Å². The Bertz CT molecular complexity index is 1160. The van der Waals surface area contributed by atoms with E-state index < -0.39 is 41.3 Å². The fourth-order valence-corrected chi connectivity index (χ4v) is 4.09. The summed E-state index contributed by atoms with van der Waals surface area (Å²) in [6.07, 6.45) is 0.427. The Morgan fingerprint density at radius 1 is 1.05 bits per heavy atom. The number of primary amides is 1. The highest BCUT2D eigenvalue weighted by Crippen LogP contribution is 2.43. The first kappa shape index (κ1) is 28.3. The Balaban J connectivity index is 2.02. The number of amides is 1. The minimum atomic E-state index is -3.16. The number of ether oxygens (including phenoxy) is 3. The lowest BCUT2D eigenvalue weighted by atomic mass is 9.87. The molecule has 2 aromatic heterocycles. The lowest BCUT2D eigenvalue weighted by molar-refractivity contribution is -0.107. The van der Waals surface area contributed by atoms with Crippen LogP contribution in [0.15, 0.2) is 12.3 Å². The molecule has 3 rings (SSSR count). The van der Waals surface area contributed by atoms with Crippen LogP contribution in [-0.4, -0.2) is 61.8 Å². The van der Waals surface area contributed by atoms with E-state index in [1.807, 2.05) is 41.5 Å². The van der Waals surface area contributed by atoms with Gasteiger partial charge in [-0.05, 0) is 62.3 Å². The third-order valence-corrected chi connectivity index (χ3v) is 5.47. The van der Waals surface area contributed by atoms with Crippen LogP contribution >= 0.6 is 0 Å². The summed E-state index contributed by atoms with van der Waals surface area (Å²) >= 11 is 0. The van der Waals surface area contributed by atoms with Gasteiger partial charge in [0.2, 0.25) is 5.88 Å². The molecule has 2 N–H and O–H groups in total. The van der Waals surface area contributed by atoms with Gasteiger partial charge in [0, 0.05) is 18.8 Å². The van der Waals surface area contributed by atoms with E-state index in [0.717, 1.165) is 0 Å². The van der Waals surface area contributed by atoms with E-state index in [1.165, 1.54) is 24.9 Å². The number of carbonyl (C=O) groups is 1. The monoisotopic (exact) mass is 522 g/mol. The highest BCUT2D eigenvalue weighted by Gasteiger charge is 2.56. The van der Waals surface area contributed by atoms with Crippen molar-refractivity contribution < 1.29 is 27.8 Å². The van der Waals surface area contributed by atoms with Crippen LogP contribution in [0, 0.1) is 12.8 Å². The number of nitrogens with two attached hydrogens (primary N) is 1. The van der Waals surface area contributed by atoms with Crippen LogP contribution in [0.25, 0.3) is 11.3 Å². The van der Waals surface area contributed by atoms with Gasteiger partial charge >= 0.3 is 12.1 Å². The van der Waals surface area contributed by atoms with E-state index in [-0.39, 0.29) is 24.3 Å². The summed E-state index contributed by atoms with van der Waals surface area (Å²) in [6, 6.07) is 1.73. The van der Waals surface area contributed by atoms with Crippen molar-refractivity contribution in [3.8, 4) is 23.1 Å². The fourth-order valence-electron chi connectivity index (χ4n) is 4.09. The lowest BCUT2D eigenvalue weighted by Crippen LogP contribution is -2.46. The predicted molar refractivity (Wildman–Crippen MR) is 134 cm³/mol. The van der Waals surface area contributed by atoms with Crippen molar-refractivity contribution in [3.05, 3.63) is 18.1 Å². The van der Waals surface area contributed by atoms with Gasteiger partial charge in [-0.1, -0.05) is 0 Å². The number of halogens is 2. The molecule has 2 aromatic rings. The molecule has 10 nitrogen and oxygen atoms in total. The Hall–Kier alpha value is -3.31. The van der Waals surface area contributed by atoms with Crippen molar-refractivity contribution in [3.63, 3.8) is 0 Å². The van der Waals surface area contributed by atoms with Gasteiger partial charge in [0.05, 0.1) is 23.7 Å². The Morgan fingerprint density at radius 2 is 1.68 bits per heavy atom. The molecule has 0 radical (unpaired) electrons. The largest absolute Gasteiger partial charge is 0.471 e. The van der Waals surface area contributed by atoms with E-state index in [4.69, 9.17) is 19.9 Å². The highest BCUT2D eigenvalue weighted by molar-refractivity contribution is 5.67. The van der Waals surface area contributed by atoms with E-state index >= 15 is 8.78 Å². The van der Waals surface area contributed by atoms with E-state index in [2.05, 4.69) is 19.9 Å². The highest BCUT2D eigenvalue weighted by atomic mass is 19.3. The van der Waals surface area contributed by atoms with Crippen molar-refractivity contribution in [2.24, 2.45) is 11.7 Å². The fraction of sp³-hybridized carbons (Fsp3) is 0.640. The zero-order chi connectivity index (χ0) is 28.0. The van der Waals surface area contributed by atoms with Crippen LogP contribution in [0.5, 0.6) is 11.9 Å². The van der Waals surface area contributed by atoms with Crippen LogP contribution in [0.2, 0.25) is 0 Å². The van der Waals surface area contributed by atoms with Gasteiger partial charge in [-0.3, -0.25) is 0 Å². The number of anilines is 1. The minimum Gasteiger partial charge on any atom is -0.471 e. The molecule has 37 heavy (non-hydrogen) atoms.